The minimum Gasteiger partial charge on any atom is -0.444 e. The van der Waals surface area contributed by atoms with E-state index in [9.17, 15) is 4.79 Å². The number of anilines is 2. The first kappa shape index (κ1) is 13.0. The Kier molecular flexibility index (Phi) is 3.67. The summed E-state index contributed by atoms with van der Waals surface area (Å²) in [7, 11) is 0. The molecule has 6 nitrogen and oxygen atoms in total. The third-order valence-corrected chi connectivity index (χ3v) is 1.75. The Morgan fingerprint density at radius 1 is 1.59 bits per heavy atom. The molecule has 1 aromatic rings. The van der Waals surface area contributed by atoms with Gasteiger partial charge in [0.05, 0.1) is 11.9 Å². The van der Waals surface area contributed by atoms with Crippen molar-refractivity contribution in [2.45, 2.75) is 26.4 Å². The smallest absolute Gasteiger partial charge is 0.413 e. The van der Waals surface area contributed by atoms with E-state index in [1.165, 1.54) is 12.3 Å². The molecule has 4 N–H and O–H groups in total. The number of nitrogens with one attached hydrogen (secondary N) is 2. The fraction of sp³-hybridized carbons (Fsp3) is 0.364. The summed E-state index contributed by atoms with van der Waals surface area (Å²) >= 11 is 0. The number of rotatable bonds is 2. The van der Waals surface area contributed by atoms with E-state index in [-0.39, 0.29) is 0 Å². The Labute approximate surface area is 99.7 Å². The van der Waals surface area contributed by atoms with E-state index in [4.69, 9.17) is 15.9 Å². The second-order valence-electron chi connectivity index (χ2n) is 4.47. The molecule has 0 aliphatic carbocycles. The third-order valence-electron chi connectivity index (χ3n) is 1.75. The molecular weight excluding hydrogens is 220 g/mol. The zero-order valence-electron chi connectivity index (χ0n) is 10.1. The second-order valence-corrected chi connectivity index (χ2v) is 4.47. The normalized spacial score (nSPS) is 10.8. The summed E-state index contributed by atoms with van der Waals surface area (Å²) in [6.45, 7) is 5.31. The van der Waals surface area contributed by atoms with E-state index in [0.717, 1.165) is 6.21 Å². The van der Waals surface area contributed by atoms with Gasteiger partial charge < -0.3 is 15.9 Å². The summed E-state index contributed by atoms with van der Waals surface area (Å²) in [6.07, 6.45) is 1.88. The minimum absolute atomic E-state index is 0.298. The number of nitrogen functional groups attached to an aromatic ring is 1. The number of carbonyl (C=O) groups is 1. The van der Waals surface area contributed by atoms with Gasteiger partial charge in [-0.2, -0.15) is 0 Å². The summed E-state index contributed by atoms with van der Waals surface area (Å²) < 4.78 is 5.07. The number of aromatic nitrogens is 1. The number of hydrogen-bond acceptors (Lipinski definition) is 5. The Bertz CT molecular complexity index is 438. The summed E-state index contributed by atoms with van der Waals surface area (Å²) in [4.78, 5) is 15.4. The molecule has 0 aliphatic rings. The van der Waals surface area contributed by atoms with Gasteiger partial charge in [0.15, 0.2) is 0 Å². The lowest BCUT2D eigenvalue weighted by Gasteiger charge is -2.19. The van der Waals surface area contributed by atoms with E-state index in [0.29, 0.717) is 17.1 Å². The molecular formula is C11H16N4O2. The first-order chi connectivity index (χ1) is 7.81. The maximum atomic E-state index is 11.5. The van der Waals surface area contributed by atoms with Crippen molar-refractivity contribution in [2.75, 3.05) is 11.1 Å². The van der Waals surface area contributed by atoms with Crippen LogP contribution in [0.15, 0.2) is 12.3 Å². The van der Waals surface area contributed by atoms with Gasteiger partial charge in [-0.25, -0.2) is 9.78 Å². The standard InChI is InChI=1S/C11H16N4O2/c1-11(2,3)17-10(16)15-9-4-7(5-12)8(13)6-14-9/h4-6,12H,13H2,1-3H3,(H,14,15,16). The molecule has 1 heterocycles. The molecule has 0 saturated heterocycles. The van der Waals surface area contributed by atoms with Crippen LogP contribution in [0.1, 0.15) is 26.3 Å². The van der Waals surface area contributed by atoms with Gasteiger partial charge in [-0.1, -0.05) is 0 Å². The Morgan fingerprint density at radius 2 is 2.24 bits per heavy atom. The molecule has 0 atom stereocenters. The minimum atomic E-state index is -0.592. The highest BCUT2D eigenvalue weighted by molar-refractivity contribution is 5.89. The van der Waals surface area contributed by atoms with E-state index in [1.54, 1.807) is 20.8 Å². The quantitative estimate of drug-likeness (QED) is 0.683. The fourth-order valence-electron chi connectivity index (χ4n) is 1.08. The molecule has 17 heavy (non-hydrogen) atoms. The number of amides is 1. The molecule has 92 valence electrons. The number of carbonyl (C=O) groups excluding carboxylic acids is 1. The highest BCUT2D eigenvalue weighted by Crippen LogP contribution is 2.14. The first-order valence-electron chi connectivity index (χ1n) is 5.08. The van der Waals surface area contributed by atoms with E-state index < -0.39 is 11.7 Å². The lowest BCUT2D eigenvalue weighted by molar-refractivity contribution is 0.0635. The van der Waals surface area contributed by atoms with Gasteiger partial charge in [-0.3, -0.25) is 5.32 Å². The lowest BCUT2D eigenvalue weighted by Crippen LogP contribution is -2.27. The predicted molar refractivity (Wildman–Crippen MR) is 66.4 cm³/mol. The summed E-state index contributed by atoms with van der Waals surface area (Å²) in [5, 5.41) is 9.60. The van der Waals surface area contributed by atoms with Crippen molar-refractivity contribution in [1.29, 1.82) is 5.41 Å². The molecule has 0 aliphatic heterocycles. The number of hydrogen-bond donors (Lipinski definition) is 3. The molecule has 6 heteroatoms. The molecule has 0 saturated carbocycles. The molecule has 0 spiro atoms. The molecule has 0 fully saturated rings. The largest absolute Gasteiger partial charge is 0.444 e. The lowest BCUT2D eigenvalue weighted by atomic mass is 10.2. The van der Waals surface area contributed by atoms with Gasteiger partial charge in [-0.05, 0) is 26.8 Å². The molecule has 1 aromatic heterocycles. The van der Waals surface area contributed by atoms with Crippen molar-refractivity contribution >= 4 is 23.8 Å². The summed E-state index contributed by atoms with van der Waals surface area (Å²) in [6, 6.07) is 1.51. The zero-order valence-corrected chi connectivity index (χ0v) is 10.1. The highest BCUT2D eigenvalue weighted by Gasteiger charge is 2.16. The van der Waals surface area contributed by atoms with Crippen LogP contribution >= 0.6 is 0 Å². The summed E-state index contributed by atoms with van der Waals surface area (Å²) in [5.74, 6) is 0.298. The average Bonchev–Trinajstić information content (AvgIpc) is 2.18. The molecule has 0 aromatic carbocycles. The zero-order chi connectivity index (χ0) is 13.1. The van der Waals surface area contributed by atoms with Crippen molar-refractivity contribution in [3.05, 3.63) is 17.8 Å². The Balaban J connectivity index is 2.75. The molecule has 0 unspecified atom stereocenters. The van der Waals surface area contributed by atoms with Gasteiger partial charge in [0.25, 0.3) is 0 Å². The molecule has 1 amide bonds. The van der Waals surface area contributed by atoms with Crippen LogP contribution < -0.4 is 11.1 Å². The van der Waals surface area contributed by atoms with Crippen LogP contribution in [0.2, 0.25) is 0 Å². The number of ether oxygens (including phenoxy) is 1. The van der Waals surface area contributed by atoms with Crippen LogP contribution in [0.4, 0.5) is 16.3 Å². The Hall–Kier alpha value is -2.11. The molecule has 0 radical (unpaired) electrons. The maximum absolute atomic E-state index is 11.5. The van der Waals surface area contributed by atoms with Crippen molar-refractivity contribution < 1.29 is 9.53 Å². The van der Waals surface area contributed by atoms with Crippen LogP contribution in [-0.2, 0) is 4.74 Å². The molecule has 0 bridgehead atoms. The predicted octanol–water partition coefficient (Wildman–Crippen LogP) is 2.01. The van der Waals surface area contributed by atoms with Crippen LogP contribution in [0.5, 0.6) is 0 Å². The third kappa shape index (κ3) is 4.10. The van der Waals surface area contributed by atoms with Gasteiger partial charge in [0.2, 0.25) is 0 Å². The van der Waals surface area contributed by atoms with Crippen molar-refractivity contribution in [3.63, 3.8) is 0 Å². The number of nitrogens with two attached hydrogens (primary N) is 1. The van der Waals surface area contributed by atoms with Crippen molar-refractivity contribution in [3.8, 4) is 0 Å². The van der Waals surface area contributed by atoms with Crippen LogP contribution in [-0.4, -0.2) is 22.9 Å². The topological polar surface area (TPSA) is 101 Å². The van der Waals surface area contributed by atoms with E-state index >= 15 is 0 Å². The summed E-state index contributed by atoms with van der Waals surface area (Å²) in [5.41, 5.74) is 5.88. The van der Waals surface area contributed by atoms with Crippen LogP contribution in [0, 0.1) is 5.41 Å². The van der Waals surface area contributed by atoms with Crippen molar-refractivity contribution in [2.24, 2.45) is 0 Å². The second kappa shape index (κ2) is 4.82. The van der Waals surface area contributed by atoms with Gasteiger partial charge in [0, 0.05) is 11.8 Å². The van der Waals surface area contributed by atoms with Gasteiger partial charge in [-0.15, -0.1) is 0 Å². The van der Waals surface area contributed by atoms with Gasteiger partial charge in [0.1, 0.15) is 11.4 Å². The number of nitrogens with zero attached hydrogens (tertiary/aromatic N) is 1. The average molecular weight is 236 g/mol. The Morgan fingerprint density at radius 3 is 2.76 bits per heavy atom. The molecule has 1 rings (SSSR count). The number of pyridine rings is 1. The highest BCUT2D eigenvalue weighted by atomic mass is 16.6. The van der Waals surface area contributed by atoms with Crippen LogP contribution in [0.3, 0.4) is 0 Å². The monoisotopic (exact) mass is 236 g/mol. The van der Waals surface area contributed by atoms with E-state index in [2.05, 4.69) is 10.3 Å². The van der Waals surface area contributed by atoms with E-state index in [1.807, 2.05) is 0 Å². The van der Waals surface area contributed by atoms with Crippen LogP contribution in [0.25, 0.3) is 0 Å². The van der Waals surface area contributed by atoms with Crippen molar-refractivity contribution in [1.82, 2.24) is 4.98 Å². The maximum Gasteiger partial charge on any atom is 0.413 e. The SMILES string of the molecule is CC(C)(C)OC(=O)Nc1cc(C=N)c(N)cn1. The fourth-order valence-corrected chi connectivity index (χ4v) is 1.08. The van der Waals surface area contributed by atoms with Gasteiger partial charge >= 0.3 is 6.09 Å². The first-order valence-corrected chi connectivity index (χ1v) is 5.08.